The van der Waals surface area contributed by atoms with Crippen molar-refractivity contribution >= 4 is 26.1 Å². The van der Waals surface area contributed by atoms with Gasteiger partial charge in [0, 0.05) is 39.2 Å². The van der Waals surface area contributed by atoms with Crippen molar-refractivity contribution in [3.05, 3.63) is 54.1 Å². The Bertz CT molecular complexity index is 968. The third kappa shape index (κ3) is 11.9. The van der Waals surface area contributed by atoms with Gasteiger partial charge < -0.3 is 23.3 Å². The van der Waals surface area contributed by atoms with Gasteiger partial charge in [-0.15, -0.1) is 0 Å². The normalized spacial score (nSPS) is 12.5. The van der Waals surface area contributed by atoms with E-state index in [0.717, 1.165) is 24.2 Å². The van der Waals surface area contributed by atoms with E-state index in [1.165, 1.54) is 31.2 Å². The van der Waals surface area contributed by atoms with Crippen LogP contribution in [0.5, 0.6) is 5.75 Å². The first-order valence-corrected chi connectivity index (χ1v) is 16.8. The number of ether oxygens (including phenoxy) is 1. The number of carbonyl (C=O) groups excluding carboxylic acids is 1. The minimum atomic E-state index is -3.20. The minimum absolute atomic E-state index is 0.0223. The van der Waals surface area contributed by atoms with Crippen molar-refractivity contribution in [2.45, 2.75) is 91.7 Å². The molecule has 9 heteroatoms. The second-order valence-corrected chi connectivity index (χ2v) is 12.3. The van der Waals surface area contributed by atoms with Crippen LogP contribution < -0.4 is 10.1 Å². The van der Waals surface area contributed by atoms with Crippen molar-refractivity contribution in [1.82, 2.24) is 5.32 Å². The maximum absolute atomic E-state index is 12.0. The fourth-order valence-corrected chi connectivity index (χ4v) is 7.12. The zero-order valence-electron chi connectivity index (χ0n) is 25.1. The molecule has 0 aliphatic rings. The van der Waals surface area contributed by atoms with E-state index < -0.39 is 14.5 Å². The maximum Gasteiger partial charge on any atom is 0.544 e. The molecule has 40 heavy (non-hydrogen) atoms. The van der Waals surface area contributed by atoms with Crippen LogP contribution in [0.25, 0.3) is 0 Å². The van der Waals surface area contributed by atoms with E-state index in [2.05, 4.69) is 34.6 Å². The van der Waals surface area contributed by atoms with Gasteiger partial charge >= 0.3 is 8.80 Å². The molecule has 0 saturated carbocycles. The number of amides is 1. The molecule has 0 heterocycles. The Morgan fingerprint density at radius 1 is 0.775 bits per heavy atom. The molecule has 2 aromatic carbocycles. The van der Waals surface area contributed by atoms with Crippen LogP contribution in [-0.4, -0.2) is 46.8 Å². The van der Waals surface area contributed by atoms with E-state index in [9.17, 15) is 4.79 Å². The van der Waals surface area contributed by atoms with Crippen molar-refractivity contribution in [3.63, 3.8) is 0 Å². The predicted octanol–water partition coefficient (Wildman–Crippen LogP) is 7.87. The Labute approximate surface area is 242 Å². The third-order valence-corrected chi connectivity index (χ3v) is 9.56. The summed E-state index contributed by atoms with van der Waals surface area (Å²) in [4.78, 5) is 12.0. The van der Waals surface area contributed by atoms with Crippen LogP contribution in [-0.2, 0) is 24.5 Å². The average molecular weight is 572 g/mol. The molecule has 0 fully saturated rings. The fourth-order valence-electron chi connectivity index (χ4n) is 4.33. The van der Waals surface area contributed by atoms with Gasteiger partial charge in [0.2, 0.25) is 5.91 Å². The molecule has 0 radical (unpaired) electrons. The number of rotatable bonds is 21. The van der Waals surface area contributed by atoms with Crippen molar-refractivity contribution < 1.29 is 22.8 Å². The molecule has 222 valence electrons. The smallest absolute Gasteiger partial charge is 0.486 e. The quantitative estimate of drug-likeness (QED) is 0.0935. The molecule has 0 spiro atoms. The molecule has 0 aromatic heterocycles. The Hall–Kier alpha value is -2.59. The molecular weight excluding hydrogens is 522 g/mol. The van der Waals surface area contributed by atoms with E-state index in [4.69, 9.17) is 18.0 Å². The van der Waals surface area contributed by atoms with Crippen LogP contribution in [0.1, 0.15) is 85.1 Å². The zero-order valence-corrected chi connectivity index (χ0v) is 26.1. The molecule has 2 aromatic rings. The van der Waals surface area contributed by atoms with Gasteiger partial charge in [-0.3, -0.25) is 4.79 Å². The molecule has 2 rings (SSSR count). The summed E-state index contributed by atoms with van der Waals surface area (Å²) in [6.07, 6.45) is 7.94. The number of hydrogen-bond acceptors (Lipinski definition) is 7. The Kier molecular flexibility index (Phi) is 16.4. The molecule has 0 saturated heterocycles. The van der Waals surface area contributed by atoms with Crippen molar-refractivity contribution in [1.29, 1.82) is 0 Å². The molecule has 0 bridgehead atoms. The lowest BCUT2D eigenvalue weighted by atomic mass is 10.1. The van der Waals surface area contributed by atoms with Crippen LogP contribution in [0.15, 0.2) is 58.8 Å². The molecule has 1 amide bonds. The Morgan fingerprint density at radius 3 is 1.88 bits per heavy atom. The molecule has 1 N–H and O–H groups in total. The first-order valence-electron chi connectivity index (χ1n) is 15.0. The van der Waals surface area contributed by atoms with Crippen LogP contribution in [0, 0.1) is 0 Å². The van der Waals surface area contributed by atoms with Crippen LogP contribution in [0.2, 0.25) is 0 Å². The third-order valence-electron chi connectivity index (χ3n) is 6.29. The number of azo groups is 1. The molecular formula is C31H49N3O5Si. The first kappa shape index (κ1) is 33.6. The van der Waals surface area contributed by atoms with Gasteiger partial charge in [0.15, 0.2) is 5.73 Å². The SMILES string of the molecule is CCCCCCc1ccc(N=Nc2ccc(OC(CCNC(=O)CCC)[Si](OCC)(OCC)OCC)cc2)cc1. The summed E-state index contributed by atoms with van der Waals surface area (Å²) in [6.45, 7) is 11.7. The second kappa shape index (κ2) is 19.5. The fraction of sp³-hybridized carbons (Fsp3) is 0.581. The highest BCUT2D eigenvalue weighted by Gasteiger charge is 2.51. The summed E-state index contributed by atoms with van der Waals surface area (Å²) in [5.74, 6) is 0.668. The van der Waals surface area contributed by atoms with Crippen molar-refractivity contribution in [2.24, 2.45) is 10.2 Å². The lowest BCUT2D eigenvalue weighted by Crippen LogP contribution is -2.59. The molecule has 0 aliphatic heterocycles. The van der Waals surface area contributed by atoms with Crippen LogP contribution in [0.3, 0.4) is 0 Å². The number of carbonyl (C=O) groups is 1. The van der Waals surface area contributed by atoms with Gasteiger partial charge in [0.25, 0.3) is 0 Å². The summed E-state index contributed by atoms with van der Waals surface area (Å²) in [5, 5.41) is 11.8. The lowest BCUT2D eigenvalue weighted by molar-refractivity contribution is -0.121. The standard InChI is InChI=1S/C31H49N3O5Si/c1-6-11-12-13-15-26-16-18-27(19-17-26)33-34-28-20-22-29(23-21-28)39-31(24-25-32-30(35)14-7-2)40(36-8-3,37-9-4)38-10-5/h16-23,31H,6-15,24-25H2,1-5H3,(H,32,35). The van der Waals surface area contributed by atoms with E-state index in [1.807, 2.05) is 64.1 Å². The van der Waals surface area contributed by atoms with Gasteiger partial charge in [0.1, 0.15) is 5.75 Å². The lowest BCUT2D eigenvalue weighted by Gasteiger charge is -2.35. The highest BCUT2D eigenvalue weighted by atomic mass is 28.4. The van der Waals surface area contributed by atoms with E-state index in [-0.39, 0.29) is 5.91 Å². The molecule has 0 aliphatic carbocycles. The largest absolute Gasteiger partial charge is 0.544 e. The molecule has 1 unspecified atom stereocenters. The second-order valence-electron chi connectivity index (χ2n) is 9.57. The number of nitrogens with zero attached hydrogens (tertiary/aromatic N) is 2. The highest BCUT2D eigenvalue weighted by Crippen LogP contribution is 2.27. The van der Waals surface area contributed by atoms with Gasteiger partial charge in [-0.1, -0.05) is 45.2 Å². The zero-order chi connectivity index (χ0) is 29.1. The highest BCUT2D eigenvalue weighted by molar-refractivity contribution is 6.62. The Morgan fingerprint density at radius 2 is 1.35 bits per heavy atom. The van der Waals surface area contributed by atoms with Gasteiger partial charge in [-0.2, -0.15) is 10.2 Å². The Balaban J connectivity index is 2.09. The number of hydrogen-bond donors (Lipinski definition) is 1. The van der Waals surface area contributed by atoms with Crippen molar-refractivity contribution in [3.8, 4) is 5.75 Å². The summed E-state index contributed by atoms with van der Waals surface area (Å²) >= 11 is 0. The van der Waals surface area contributed by atoms with Crippen LogP contribution in [0.4, 0.5) is 11.4 Å². The topological polar surface area (TPSA) is 90.7 Å². The number of nitrogens with one attached hydrogen (secondary N) is 1. The van der Waals surface area contributed by atoms with Gasteiger partial charge in [0.05, 0.1) is 11.4 Å². The molecule has 8 nitrogen and oxygen atoms in total. The number of benzene rings is 2. The van der Waals surface area contributed by atoms with E-state index in [0.29, 0.717) is 45.0 Å². The first-order chi connectivity index (χ1) is 19.5. The van der Waals surface area contributed by atoms with Gasteiger partial charge in [-0.05, 0) is 82.0 Å². The average Bonchev–Trinajstić information content (AvgIpc) is 2.95. The van der Waals surface area contributed by atoms with E-state index in [1.54, 1.807) is 0 Å². The summed E-state index contributed by atoms with van der Waals surface area (Å²) in [5.41, 5.74) is 2.40. The summed E-state index contributed by atoms with van der Waals surface area (Å²) in [7, 11) is -3.20. The number of aryl methyl sites for hydroxylation is 1. The number of unbranched alkanes of at least 4 members (excludes halogenated alkanes) is 3. The monoisotopic (exact) mass is 571 g/mol. The summed E-state index contributed by atoms with van der Waals surface area (Å²) in [6, 6.07) is 15.7. The van der Waals surface area contributed by atoms with Crippen molar-refractivity contribution in [2.75, 3.05) is 26.4 Å². The summed E-state index contributed by atoms with van der Waals surface area (Å²) < 4.78 is 24.8. The maximum atomic E-state index is 12.0. The predicted molar refractivity (Wildman–Crippen MR) is 162 cm³/mol. The van der Waals surface area contributed by atoms with E-state index >= 15 is 0 Å². The van der Waals surface area contributed by atoms with Crippen LogP contribution >= 0.6 is 0 Å². The molecule has 1 atom stereocenters. The minimum Gasteiger partial charge on any atom is -0.486 e. The van der Waals surface area contributed by atoms with Gasteiger partial charge in [-0.25, -0.2) is 0 Å².